The number of aromatic nitrogens is 2. The van der Waals surface area contributed by atoms with Crippen LogP contribution < -0.4 is 15.5 Å². The predicted octanol–water partition coefficient (Wildman–Crippen LogP) is 3.88. The Morgan fingerprint density at radius 1 is 1.43 bits per heavy atom. The van der Waals surface area contributed by atoms with Gasteiger partial charge >= 0.3 is 0 Å². The fourth-order valence-corrected chi connectivity index (χ4v) is 4.25. The fourth-order valence-electron chi connectivity index (χ4n) is 3.19. The van der Waals surface area contributed by atoms with Crippen molar-refractivity contribution >= 4 is 58.7 Å². The molecular weight excluding hydrogens is 507 g/mol. The first-order valence-electron chi connectivity index (χ1n) is 9.39. The lowest BCUT2D eigenvalue weighted by molar-refractivity contribution is 0.635. The van der Waals surface area contributed by atoms with Crippen LogP contribution in [0, 0.1) is 6.92 Å². The molecule has 0 saturated carbocycles. The van der Waals surface area contributed by atoms with E-state index in [0.717, 1.165) is 62.8 Å². The van der Waals surface area contributed by atoms with Crippen LogP contribution >= 0.6 is 46.9 Å². The van der Waals surface area contributed by atoms with Crippen LogP contribution in [0.4, 0.5) is 5.82 Å². The van der Waals surface area contributed by atoms with Gasteiger partial charge in [-0.05, 0) is 44.7 Å². The van der Waals surface area contributed by atoms with Crippen molar-refractivity contribution in [3.05, 3.63) is 39.4 Å². The number of pyridine rings is 1. The SMILES string of the molecule is CN=C(NCCCCc1nc(C)cs1)NC1CCN(c2ncccc2Cl)C1.I. The summed E-state index contributed by atoms with van der Waals surface area (Å²) in [5, 5.41) is 11.0. The largest absolute Gasteiger partial charge is 0.356 e. The van der Waals surface area contributed by atoms with Crippen LogP contribution in [0.15, 0.2) is 28.7 Å². The van der Waals surface area contributed by atoms with Crippen LogP contribution in [-0.2, 0) is 6.42 Å². The molecule has 0 bridgehead atoms. The Hall–Kier alpha value is -1.13. The summed E-state index contributed by atoms with van der Waals surface area (Å²) in [6.45, 7) is 4.77. The first-order chi connectivity index (χ1) is 13.2. The molecule has 2 N–H and O–H groups in total. The Morgan fingerprint density at radius 3 is 3.00 bits per heavy atom. The van der Waals surface area contributed by atoms with E-state index in [1.165, 1.54) is 5.01 Å². The Kier molecular flexibility index (Phi) is 9.73. The number of hydrogen-bond acceptors (Lipinski definition) is 5. The van der Waals surface area contributed by atoms with Crippen LogP contribution in [0.2, 0.25) is 5.02 Å². The zero-order chi connectivity index (χ0) is 19.1. The zero-order valence-electron chi connectivity index (χ0n) is 16.3. The molecule has 0 aromatic carbocycles. The summed E-state index contributed by atoms with van der Waals surface area (Å²) in [6.07, 6.45) is 6.10. The first-order valence-corrected chi connectivity index (χ1v) is 10.6. The van der Waals surface area contributed by atoms with E-state index >= 15 is 0 Å². The Labute approximate surface area is 193 Å². The summed E-state index contributed by atoms with van der Waals surface area (Å²) in [7, 11) is 1.82. The minimum atomic E-state index is 0. The van der Waals surface area contributed by atoms with Crippen molar-refractivity contribution in [3.8, 4) is 0 Å². The summed E-state index contributed by atoms with van der Waals surface area (Å²) in [6, 6.07) is 4.09. The van der Waals surface area contributed by atoms with Gasteiger partial charge in [0.15, 0.2) is 5.96 Å². The molecule has 1 unspecified atom stereocenters. The molecule has 28 heavy (non-hydrogen) atoms. The van der Waals surface area contributed by atoms with Gasteiger partial charge in [-0.2, -0.15) is 0 Å². The highest BCUT2D eigenvalue weighted by Crippen LogP contribution is 2.25. The highest BCUT2D eigenvalue weighted by Gasteiger charge is 2.25. The van der Waals surface area contributed by atoms with Gasteiger partial charge in [-0.25, -0.2) is 9.97 Å². The van der Waals surface area contributed by atoms with E-state index in [0.29, 0.717) is 11.1 Å². The number of thiazole rings is 1. The van der Waals surface area contributed by atoms with Crippen molar-refractivity contribution in [1.29, 1.82) is 0 Å². The van der Waals surface area contributed by atoms with Gasteiger partial charge < -0.3 is 15.5 Å². The monoisotopic (exact) mass is 534 g/mol. The third kappa shape index (κ3) is 6.73. The van der Waals surface area contributed by atoms with Gasteiger partial charge in [-0.1, -0.05) is 11.6 Å². The maximum absolute atomic E-state index is 6.26. The highest BCUT2D eigenvalue weighted by atomic mass is 127. The average Bonchev–Trinajstić information content (AvgIpc) is 3.30. The van der Waals surface area contributed by atoms with Crippen molar-refractivity contribution in [2.75, 3.05) is 31.6 Å². The van der Waals surface area contributed by atoms with E-state index in [4.69, 9.17) is 11.6 Å². The molecule has 0 aliphatic carbocycles. The summed E-state index contributed by atoms with van der Waals surface area (Å²) in [4.78, 5) is 15.5. The quantitative estimate of drug-likeness (QED) is 0.244. The van der Waals surface area contributed by atoms with Gasteiger partial charge in [0.1, 0.15) is 5.82 Å². The van der Waals surface area contributed by atoms with E-state index < -0.39 is 0 Å². The molecular formula is C19H28ClIN6S. The number of nitrogens with zero attached hydrogens (tertiary/aromatic N) is 4. The second kappa shape index (κ2) is 11.8. The highest BCUT2D eigenvalue weighted by molar-refractivity contribution is 14.0. The standard InChI is InChI=1S/C19H27ClN6S.HI/c1-14-13-27-17(24-14)7-3-4-9-23-19(21-2)25-15-8-11-26(12-15)18-16(20)6-5-10-22-18;/h5-6,10,13,15H,3-4,7-9,11-12H2,1-2H3,(H2,21,23,25);1H. The van der Waals surface area contributed by atoms with Crippen LogP contribution in [0.1, 0.15) is 30.0 Å². The molecule has 1 atom stereocenters. The third-order valence-corrected chi connectivity index (χ3v) is 5.89. The Morgan fingerprint density at radius 2 is 2.29 bits per heavy atom. The number of hydrogen-bond donors (Lipinski definition) is 2. The van der Waals surface area contributed by atoms with E-state index in [-0.39, 0.29) is 24.0 Å². The number of halogens is 2. The van der Waals surface area contributed by atoms with Gasteiger partial charge in [-0.15, -0.1) is 35.3 Å². The van der Waals surface area contributed by atoms with E-state index in [9.17, 15) is 0 Å². The number of guanidine groups is 1. The number of aliphatic imine (C=N–C) groups is 1. The number of unbranched alkanes of at least 4 members (excludes halogenated alkanes) is 1. The maximum Gasteiger partial charge on any atom is 0.191 e. The van der Waals surface area contributed by atoms with Crippen LogP contribution in [0.3, 0.4) is 0 Å². The van der Waals surface area contributed by atoms with Crippen molar-refractivity contribution in [2.45, 2.75) is 38.6 Å². The number of anilines is 1. The predicted molar refractivity (Wildman–Crippen MR) is 130 cm³/mol. The van der Waals surface area contributed by atoms with Gasteiger partial charge in [0.2, 0.25) is 0 Å². The Bertz CT molecular complexity index is 768. The number of rotatable bonds is 7. The molecule has 0 amide bonds. The molecule has 3 heterocycles. The smallest absolute Gasteiger partial charge is 0.191 e. The summed E-state index contributed by atoms with van der Waals surface area (Å²) >= 11 is 8.02. The van der Waals surface area contributed by atoms with E-state index in [1.54, 1.807) is 17.5 Å². The minimum absolute atomic E-state index is 0. The second-order valence-corrected chi connectivity index (χ2v) is 8.07. The molecule has 1 fully saturated rings. The molecule has 0 spiro atoms. The molecule has 3 rings (SSSR count). The van der Waals surface area contributed by atoms with E-state index in [1.807, 2.05) is 26.1 Å². The maximum atomic E-state index is 6.26. The second-order valence-electron chi connectivity index (χ2n) is 6.72. The molecule has 2 aromatic rings. The Balaban J connectivity index is 0.00000280. The normalized spacial score (nSPS) is 16.8. The number of aryl methyl sites for hydroxylation is 2. The minimum Gasteiger partial charge on any atom is -0.356 e. The topological polar surface area (TPSA) is 65.4 Å². The van der Waals surface area contributed by atoms with Crippen LogP contribution in [0.25, 0.3) is 0 Å². The first kappa shape index (κ1) is 23.2. The molecule has 2 aromatic heterocycles. The lowest BCUT2D eigenvalue weighted by Gasteiger charge is -2.20. The van der Waals surface area contributed by atoms with E-state index in [2.05, 4.69) is 35.9 Å². The van der Waals surface area contributed by atoms with Gasteiger partial charge in [0.25, 0.3) is 0 Å². The number of nitrogens with one attached hydrogen (secondary N) is 2. The molecule has 6 nitrogen and oxygen atoms in total. The third-order valence-electron chi connectivity index (χ3n) is 4.57. The van der Waals surface area contributed by atoms with Crippen molar-refractivity contribution < 1.29 is 0 Å². The summed E-state index contributed by atoms with van der Waals surface area (Å²) < 4.78 is 0. The molecule has 9 heteroatoms. The lowest BCUT2D eigenvalue weighted by Crippen LogP contribution is -2.44. The molecule has 1 aliphatic heterocycles. The lowest BCUT2D eigenvalue weighted by atomic mass is 10.2. The molecule has 154 valence electrons. The summed E-state index contributed by atoms with van der Waals surface area (Å²) in [5.74, 6) is 1.72. The van der Waals surface area contributed by atoms with Gasteiger partial charge in [0, 0.05) is 50.0 Å². The van der Waals surface area contributed by atoms with Crippen molar-refractivity contribution in [2.24, 2.45) is 4.99 Å². The fraction of sp³-hybridized carbons (Fsp3) is 0.526. The van der Waals surface area contributed by atoms with Crippen LogP contribution in [-0.4, -0.2) is 48.7 Å². The van der Waals surface area contributed by atoms with Gasteiger partial charge in [-0.3, -0.25) is 4.99 Å². The van der Waals surface area contributed by atoms with Gasteiger partial charge in [0.05, 0.1) is 10.0 Å². The zero-order valence-corrected chi connectivity index (χ0v) is 20.2. The molecule has 1 aliphatic rings. The summed E-state index contributed by atoms with van der Waals surface area (Å²) in [5.41, 5.74) is 1.12. The van der Waals surface area contributed by atoms with Crippen molar-refractivity contribution in [1.82, 2.24) is 20.6 Å². The van der Waals surface area contributed by atoms with Crippen LogP contribution in [0.5, 0.6) is 0 Å². The molecule has 1 saturated heterocycles. The van der Waals surface area contributed by atoms with Crippen molar-refractivity contribution in [3.63, 3.8) is 0 Å². The molecule has 0 radical (unpaired) electrons. The average molecular weight is 535 g/mol.